The first-order valence-corrected chi connectivity index (χ1v) is 32.6. The number of carbonyl (C=O) groups is 3. The molecule has 448 valence electrons. The summed E-state index contributed by atoms with van der Waals surface area (Å²) in [5, 5.41) is 9.84. The predicted octanol–water partition coefficient (Wildman–Crippen LogP) is 18.8. The van der Waals surface area contributed by atoms with Crippen LogP contribution in [-0.2, 0) is 42.2 Å². The van der Waals surface area contributed by atoms with Crippen LogP contribution in [0.1, 0.15) is 265 Å². The van der Waals surface area contributed by atoms with E-state index >= 15 is 0 Å². The zero-order chi connectivity index (χ0) is 56.9. The third kappa shape index (κ3) is 57.1. The van der Waals surface area contributed by atoms with E-state index in [2.05, 4.69) is 99.8 Å². The van der Waals surface area contributed by atoms with Crippen molar-refractivity contribution < 1.29 is 52.2 Å². The number of hydrogen-bond donors (Lipinski definition) is 2. The normalized spacial score (nSPS) is 14.0. The summed E-state index contributed by atoms with van der Waals surface area (Å²) in [6, 6.07) is 0. The number of phosphoric acid groups is 1. The summed E-state index contributed by atoms with van der Waals surface area (Å²) >= 11 is 0. The van der Waals surface area contributed by atoms with E-state index in [1.165, 1.54) is 116 Å². The quantitative estimate of drug-likeness (QED) is 0.0197. The zero-order valence-corrected chi connectivity index (χ0v) is 50.5. The number of ether oxygens (including phenoxy) is 3. The molecule has 0 saturated carbocycles. The van der Waals surface area contributed by atoms with Gasteiger partial charge in [0.25, 0.3) is 0 Å². The first-order chi connectivity index (χ1) is 38.2. The molecule has 0 aromatic heterocycles. The molecule has 0 bridgehead atoms. The lowest BCUT2D eigenvalue weighted by molar-refractivity contribution is -0.161. The fourth-order valence-corrected chi connectivity index (χ4v) is 9.06. The Hall–Kier alpha value is -3.60. The second kappa shape index (κ2) is 59.5. The number of hydrogen-bond acceptors (Lipinski definition) is 10. The van der Waals surface area contributed by atoms with Gasteiger partial charge in [-0.2, -0.15) is 0 Å². The Morgan fingerprint density at radius 1 is 0.385 bits per heavy atom. The molecule has 0 rings (SSSR count). The fraction of sp³-hybridized carbons (Fsp3) is 0.712. The average molecular weight is 1110 g/mol. The molecule has 0 saturated heterocycles. The maximum absolute atomic E-state index is 12.9. The summed E-state index contributed by atoms with van der Waals surface area (Å²) in [5.41, 5.74) is 0. The lowest BCUT2D eigenvalue weighted by Gasteiger charge is -2.21. The van der Waals surface area contributed by atoms with E-state index in [0.29, 0.717) is 19.3 Å². The van der Waals surface area contributed by atoms with Crippen LogP contribution in [0.2, 0.25) is 0 Å². The van der Waals surface area contributed by atoms with Gasteiger partial charge in [-0.1, -0.05) is 240 Å². The van der Waals surface area contributed by atoms with Gasteiger partial charge in [0.1, 0.15) is 12.7 Å². The molecule has 12 heteroatoms. The van der Waals surface area contributed by atoms with Gasteiger partial charge in [0.05, 0.1) is 26.2 Å². The maximum Gasteiger partial charge on any atom is 0.472 e. The minimum Gasteiger partial charge on any atom is -0.461 e. The third-order valence-electron chi connectivity index (χ3n) is 13.0. The molecule has 0 radical (unpaired) electrons. The monoisotopic (exact) mass is 1110 g/mol. The Labute approximate surface area is 476 Å². The van der Waals surface area contributed by atoms with Gasteiger partial charge in [0, 0.05) is 12.8 Å². The second-order valence-corrected chi connectivity index (χ2v) is 22.0. The highest BCUT2D eigenvalue weighted by molar-refractivity contribution is 7.47. The molecule has 0 aromatic carbocycles. The lowest BCUT2D eigenvalue weighted by atomic mass is 10.1. The molecule has 0 aliphatic rings. The molecule has 0 aliphatic carbocycles. The smallest absolute Gasteiger partial charge is 0.461 e. The molecule has 0 aromatic rings. The molecule has 0 heterocycles. The number of unbranched alkanes of at least 4 members (excludes halogenated alkanes) is 25. The number of carbonyl (C=O) groups excluding carboxylic acids is 3. The maximum atomic E-state index is 12.9. The van der Waals surface area contributed by atoms with E-state index in [9.17, 15) is 28.9 Å². The SMILES string of the molecule is CC/C=C\C/C=C\C/C=C\C/C=C\C/C=C\CC(=O)OCC(COP(=O)(O)OCC(CO)OC(=O)CCCCCCCCC/C=C\CCCCCCCC)OC(=O)CCCCCCCCCCC/C=C\C/C=C\CCCCC. The molecule has 11 nitrogen and oxygen atoms in total. The van der Waals surface area contributed by atoms with Crippen molar-refractivity contribution in [1.29, 1.82) is 0 Å². The van der Waals surface area contributed by atoms with Crippen molar-refractivity contribution in [2.45, 2.75) is 277 Å². The first kappa shape index (κ1) is 74.4. The number of allylic oxidation sites excluding steroid dienone is 15. The number of aliphatic hydroxyl groups excluding tert-OH is 1. The predicted molar refractivity (Wildman–Crippen MR) is 325 cm³/mol. The van der Waals surface area contributed by atoms with Crippen LogP contribution in [0.5, 0.6) is 0 Å². The van der Waals surface area contributed by atoms with Gasteiger partial charge in [-0.15, -0.1) is 0 Å². The molecule has 0 amide bonds. The Morgan fingerprint density at radius 3 is 1.13 bits per heavy atom. The van der Waals surface area contributed by atoms with Crippen LogP contribution in [0.3, 0.4) is 0 Å². The molecule has 0 spiro atoms. The van der Waals surface area contributed by atoms with E-state index < -0.39 is 64.4 Å². The third-order valence-corrected chi connectivity index (χ3v) is 13.9. The highest BCUT2D eigenvalue weighted by Crippen LogP contribution is 2.43. The van der Waals surface area contributed by atoms with Gasteiger partial charge >= 0.3 is 25.7 Å². The summed E-state index contributed by atoms with van der Waals surface area (Å²) in [6.45, 7) is 4.40. The first-order valence-electron chi connectivity index (χ1n) is 31.1. The average Bonchev–Trinajstić information content (AvgIpc) is 3.43. The Morgan fingerprint density at radius 2 is 0.705 bits per heavy atom. The van der Waals surface area contributed by atoms with Gasteiger partial charge in [-0.25, -0.2) is 4.57 Å². The molecule has 0 aliphatic heterocycles. The summed E-state index contributed by atoms with van der Waals surface area (Å²) in [5.74, 6) is -1.62. The van der Waals surface area contributed by atoms with Crippen LogP contribution >= 0.6 is 7.82 Å². The van der Waals surface area contributed by atoms with Crippen LogP contribution in [0.15, 0.2) is 97.2 Å². The van der Waals surface area contributed by atoms with E-state index in [1.54, 1.807) is 6.08 Å². The summed E-state index contributed by atoms with van der Waals surface area (Å²) in [4.78, 5) is 48.6. The highest BCUT2D eigenvalue weighted by atomic mass is 31.2. The Bertz CT molecular complexity index is 1680. The van der Waals surface area contributed by atoms with Crippen LogP contribution in [0.4, 0.5) is 0 Å². The summed E-state index contributed by atoms with van der Waals surface area (Å²) in [6.07, 6.45) is 71.0. The molecule has 78 heavy (non-hydrogen) atoms. The molecule has 3 atom stereocenters. The van der Waals surface area contributed by atoms with Gasteiger partial charge < -0.3 is 24.2 Å². The largest absolute Gasteiger partial charge is 0.472 e. The molecular formula is C66H113O11P. The lowest BCUT2D eigenvalue weighted by Crippen LogP contribution is -2.30. The van der Waals surface area contributed by atoms with E-state index in [-0.39, 0.29) is 19.3 Å². The minimum atomic E-state index is -4.78. The van der Waals surface area contributed by atoms with Crippen molar-refractivity contribution in [3.8, 4) is 0 Å². The van der Waals surface area contributed by atoms with E-state index in [4.69, 9.17) is 23.3 Å². The highest BCUT2D eigenvalue weighted by Gasteiger charge is 2.28. The minimum absolute atomic E-state index is 0.00962. The van der Waals surface area contributed by atoms with Crippen LogP contribution in [0, 0.1) is 0 Å². The van der Waals surface area contributed by atoms with E-state index in [1.807, 2.05) is 12.2 Å². The van der Waals surface area contributed by atoms with E-state index in [0.717, 1.165) is 89.9 Å². The molecule has 3 unspecified atom stereocenters. The summed E-state index contributed by atoms with van der Waals surface area (Å²) < 4.78 is 39.5. The number of rotatable bonds is 57. The van der Waals surface area contributed by atoms with Crippen molar-refractivity contribution in [3.05, 3.63) is 97.2 Å². The topological polar surface area (TPSA) is 155 Å². The zero-order valence-electron chi connectivity index (χ0n) is 49.6. The summed E-state index contributed by atoms with van der Waals surface area (Å²) in [7, 11) is -4.78. The van der Waals surface area contributed by atoms with Crippen LogP contribution in [-0.4, -0.2) is 66.5 Å². The van der Waals surface area contributed by atoms with Gasteiger partial charge in [0.2, 0.25) is 0 Å². The van der Waals surface area contributed by atoms with Gasteiger partial charge in [0.15, 0.2) is 6.10 Å². The van der Waals surface area contributed by atoms with Crippen molar-refractivity contribution in [1.82, 2.24) is 0 Å². The number of aliphatic hydroxyl groups is 1. The van der Waals surface area contributed by atoms with Gasteiger partial charge in [-0.05, 0) is 103 Å². The molecular weight excluding hydrogens is 1000 g/mol. The van der Waals surface area contributed by atoms with Crippen LogP contribution in [0.25, 0.3) is 0 Å². The van der Waals surface area contributed by atoms with Crippen molar-refractivity contribution >= 4 is 25.7 Å². The van der Waals surface area contributed by atoms with Crippen molar-refractivity contribution in [2.75, 3.05) is 26.4 Å². The van der Waals surface area contributed by atoms with Crippen molar-refractivity contribution in [2.24, 2.45) is 0 Å². The number of esters is 3. The Kier molecular flexibility index (Phi) is 56.8. The number of phosphoric ester groups is 1. The Balaban J connectivity index is 4.78. The van der Waals surface area contributed by atoms with Gasteiger partial charge in [-0.3, -0.25) is 23.4 Å². The second-order valence-electron chi connectivity index (χ2n) is 20.5. The molecule has 0 fully saturated rings. The molecule has 2 N–H and O–H groups in total. The fourth-order valence-electron chi connectivity index (χ4n) is 8.28. The van der Waals surface area contributed by atoms with Crippen LogP contribution < -0.4 is 0 Å². The standard InChI is InChI=1S/C66H113O11P/c1-4-7-10-13-16-19-22-25-28-30-31-33-36-39-42-45-48-51-54-57-66(70)77-63(59-73-64(68)55-52-49-46-43-40-37-34-27-24-21-18-15-12-9-6-3)61-75-78(71,72)74-60-62(58-67)76-65(69)56-53-50-47-44-41-38-35-32-29-26-23-20-17-14-11-8-5-2/h9,12,16,18-19,21,25-29,34,40,43,49,52,62-63,67H,4-8,10-11,13-15,17,20,22-24,30-33,35-39,41-42,44-48,50-51,53-61H2,1-3H3,(H,71,72)/b12-9-,19-16-,21-18-,28-25-,29-26-,34-27-,43-40-,52-49-. The van der Waals surface area contributed by atoms with Crippen molar-refractivity contribution in [3.63, 3.8) is 0 Å².